The molecule has 5 heteroatoms. The van der Waals surface area contributed by atoms with E-state index in [1.54, 1.807) is 6.07 Å². The van der Waals surface area contributed by atoms with Crippen molar-refractivity contribution in [1.82, 2.24) is 10.3 Å². The van der Waals surface area contributed by atoms with E-state index in [4.69, 9.17) is 11.6 Å². The molecule has 16 heavy (non-hydrogen) atoms. The second-order valence-corrected chi connectivity index (χ2v) is 3.83. The van der Waals surface area contributed by atoms with Crippen LogP contribution in [0, 0.1) is 5.82 Å². The first-order valence-corrected chi connectivity index (χ1v) is 5.25. The predicted octanol–water partition coefficient (Wildman–Crippen LogP) is 2.71. The number of hydrogen-bond acceptors (Lipinski definition) is 1. The molecule has 1 aromatic heterocycles. The Morgan fingerprint density at radius 2 is 2.25 bits per heavy atom. The van der Waals surface area contributed by atoms with E-state index < -0.39 is 5.82 Å². The van der Waals surface area contributed by atoms with Gasteiger partial charge in [-0.25, -0.2) is 4.39 Å². The molecule has 2 N–H and O–H groups in total. The normalized spacial score (nSPS) is 10.7. The SMILES string of the molecule is CCNC(=O)c1cc2c(F)cc(Cl)cc2[nH]1. The van der Waals surface area contributed by atoms with Crippen molar-refractivity contribution in [2.24, 2.45) is 0 Å². The summed E-state index contributed by atoms with van der Waals surface area (Å²) in [6.45, 7) is 2.34. The number of H-pyrrole nitrogens is 1. The maximum atomic E-state index is 13.5. The highest BCUT2D eigenvalue weighted by molar-refractivity contribution is 6.31. The van der Waals surface area contributed by atoms with Gasteiger partial charge in [0, 0.05) is 17.0 Å². The van der Waals surface area contributed by atoms with Crippen LogP contribution in [0.25, 0.3) is 10.9 Å². The first-order chi connectivity index (χ1) is 7.61. The molecule has 0 spiro atoms. The molecule has 1 amide bonds. The van der Waals surface area contributed by atoms with E-state index in [2.05, 4.69) is 10.3 Å². The summed E-state index contributed by atoms with van der Waals surface area (Å²) in [6, 6.07) is 4.29. The minimum Gasteiger partial charge on any atom is -0.351 e. The van der Waals surface area contributed by atoms with Crippen LogP contribution in [0.15, 0.2) is 18.2 Å². The van der Waals surface area contributed by atoms with Crippen molar-refractivity contribution in [2.75, 3.05) is 6.54 Å². The van der Waals surface area contributed by atoms with E-state index in [0.29, 0.717) is 28.2 Å². The maximum absolute atomic E-state index is 13.5. The van der Waals surface area contributed by atoms with Crippen LogP contribution in [-0.2, 0) is 0 Å². The molecule has 2 rings (SSSR count). The van der Waals surface area contributed by atoms with E-state index in [1.807, 2.05) is 6.92 Å². The molecule has 0 unspecified atom stereocenters. The molecular weight excluding hydrogens is 231 g/mol. The molecule has 0 aliphatic heterocycles. The number of amides is 1. The van der Waals surface area contributed by atoms with Gasteiger partial charge in [0.2, 0.25) is 0 Å². The summed E-state index contributed by atoms with van der Waals surface area (Å²) in [6.07, 6.45) is 0. The fraction of sp³-hybridized carbons (Fsp3) is 0.182. The van der Waals surface area contributed by atoms with Gasteiger partial charge in [0.05, 0.1) is 5.52 Å². The summed E-state index contributed by atoms with van der Waals surface area (Å²) < 4.78 is 13.5. The Balaban J connectivity index is 2.51. The molecule has 84 valence electrons. The first-order valence-electron chi connectivity index (χ1n) is 4.87. The summed E-state index contributed by atoms with van der Waals surface area (Å²) in [7, 11) is 0. The summed E-state index contributed by atoms with van der Waals surface area (Å²) in [5.41, 5.74) is 0.851. The monoisotopic (exact) mass is 240 g/mol. The highest BCUT2D eigenvalue weighted by atomic mass is 35.5. The number of benzene rings is 1. The van der Waals surface area contributed by atoms with Gasteiger partial charge in [0.15, 0.2) is 0 Å². The quantitative estimate of drug-likeness (QED) is 0.833. The number of carbonyl (C=O) groups excluding carboxylic acids is 1. The van der Waals surface area contributed by atoms with Crippen molar-refractivity contribution in [2.45, 2.75) is 6.92 Å². The topological polar surface area (TPSA) is 44.9 Å². The van der Waals surface area contributed by atoms with E-state index in [-0.39, 0.29) is 5.91 Å². The molecule has 2 aromatic rings. The molecule has 0 aliphatic rings. The molecule has 0 saturated carbocycles. The average molecular weight is 241 g/mol. The average Bonchev–Trinajstić information content (AvgIpc) is 2.62. The largest absolute Gasteiger partial charge is 0.351 e. The number of aromatic nitrogens is 1. The van der Waals surface area contributed by atoms with Crippen LogP contribution in [0.2, 0.25) is 5.02 Å². The smallest absolute Gasteiger partial charge is 0.267 e. The van der Waals surface area contributed by atoms with Gasteiger partial charge in [-0.1, -0.05) is 11.6 Å². The van der Waals surface area contributed by atoms with Gasteiger partial charge >= 0.3 is 0 Å². The molecule has 0 radical (unpaired) electrons. The third kappa shape index (κ3) is 1.88. The van der Waals surface area contributed by atoms with Crippen LogP contribution in [-0.4, -0.2) is 17.4 Å². The van der Waals surface area contributed by atoms with Gasteiger partial charge in [-0.2, -0.15) is 0 Å². The minimum absolute atomic E-state index is 0.255. The number of nitrogens with one attached hydrogen (secondary N) is 2. The molecule has 3 nitrogen and oxygen atoms in total. The summed E-state index contributed by atoms with van der Waals surface area (Å²) >= 11 is 5.71. The van der Waals surface area contributed by atoms with Crippen LogP contribution in [0.3, 0.4) is 0 Å². The number of aromatic amines is 1. The van der Waals surface area contributed by atoms with Gasteiger partial charge in [0.25, 0.3) is 5.91 Å². The lowest BCUT2D eigenvalue weighted by Crippen LogP contribution is -2.22. The fourth-order valence-electron chi connectivity index (χ4n) is 1.54. The number of fused-ring (bicyclic) bond motifs is 1. The van der Waals surface area contributed by atoms with Gasteiger partial charge in [-0.15, -0.1) is 0 Å². The van der Waals surface area contributed by atoms with Crippen molar-refractivity contribution < 1.29 is 9.18 Å². The van der Waals surface area contributed by atoms with Crippen molar-refractivity contribution in [1.29, 1.82) is 0 Å². The fourth-order valence-corrected chi connectivity index (χ4v) is 1.74. The second-order valence-electron chi connectivity index (χ2n) is 3.39. The highest BCUT2D eigenvalue weighted by Gasteiger charge is 2.11. The second kappa shape index (κ2) is 4.14. The lowest BCUT2D eigenvalue weighted by atomic mass is 10.2. The minimum atomic E-state index is -0.436. The van der Waals surface area contributed by atoms with Gasteiger partial charge in [-0.05, 0) is 25.1 Å². The van der Waals surface area contributed by atoms with Gasteiger partial charge in [-0.3, -0.25) is 4.79 Å². The zero-order valence-corrected chi connectivity index (χ0v) is 9.36. The molecule has 0 bridgehead atoms. The Morgan fingerprint density at radius 3 is 2.94 bits per heavy atom. The number of halogens is 2. The third-order valence-electron chi connectivity index (χ3n) is 2.23. The van der Waals surface area contributed by atoms with Crippen LogP contribution >= 0.6 is 11.6 Å². The molecule has 0 aliphatic carbocycles. The number of carbonyl (C=O) groups is 1. The molecule has 1 aromatic carbocycles. The highest BCUT2D eigenvalue weighted by Crippen LogP contribution is 2.23. The first kappa shape index (κ1) is 11.0. The third-order valence-corrected chi connectivity index (χ3v) is 2.45. The van der Waals surface area contributed by atoms with Crippen molar-refractivity contribution in [3.8, 4) is 0 Å². The van der Waals surface area contributed by atoms with Crippen LogP contribution < -0.4 is 5.32 Å². The van der Waals surface area contributed by atoms with Crippen LogP contribution in [0.4, 0.5) is 4.39 Å². The van der Waals surface area contributed by atoms with Crippen molar-refractivity contribution in [3.05, 3.63) is 34.7 Å². The van der Waals surface area contributed by atoms with E-state index >= 15 is 0 Å². The Bertz CT molecular complexity index is 550. The van der Waals surface area contributed by atoms with E-state index in [0.717, 1.165) is 0 Å². The predicted molar refractivity (Wildman–Crippen MR) is 61.3 cm³/mol. The molecule has 0 saturated heterocycles. The lowest BCUT2D eigenvalue weighted by molar-refractivity contribution is 0.0951. The van der Waals surface area contributed by atoms with E-state index in [9.17, 15) is 9.18 Å². The van der Waals surface area contributed by atoms with Gasteiger partial charge < -0.3 is 10.3 Å². The Hall–Kier alpha value is -1.55. The molecule has 0 fully saturated rings. The standard InChI is InChI=1S/C11H10ClFN2O/c1-2-14-11(16)10-5-7-8(13)3-6(12)4-9(7)15-10/h3-5,15H,2H2,1H3,(H,14,16). The van der Waals surface area contributed by atoms with Gasteiger partial charge in [0.1, 0.15) is 11.5 Å². The van der Waals surface area contributed by atoms with Crippen molar-refractivity contribution in [3.63, 3.8) is 0 Å². The Kier molecular flexibility index (Phi) is 2.83. The summed E-state index contributed by atoms with van der Waals surface area (Å²) in [5.74, 6) is -0.691. The Labute approximate surface area is 96.6 Å². The maximum Gasteiger partial charge on any atom is 0.267 e. The molecule has 0 atom stereocenters. The lowest BCUT2D eigenvalue weighted by Gasteiger charge is -1.96. The van der Waals surface area contributed by atoms with Crippen molar-refractivity contribution >= 4 is 28.4 Å². The zero-order valence-electron chi connectivity index (χ0n) is 8.60. The zero-order chi connectivity index (χ0) is 11.7. The number of hydrogen-bond donors (Lipinski definition) is 2. The molecular formula is C11H10ClFN2O. The summed E-state index contributed by atoms with van der Waals surface area (Å²) in [4.78, 5) is 14.3. The van der Waals surface area contributed by atoms with E-state index in [1.165, 1.54) is 12.1 Å². The number of rotatable bonds is 2. The Morgan fingerprint density at radius 1 is 1.50 bits per heavy atom. The molecule has 1 heterocycles. The van der Waals surface area contributed by atoms with Crippen LogP contribution in [0.5, 0.6) is 0 Å². The van der Waals surface area contributed by atoms with Crippen LogP contribution in [0.1, 0.15) is 17.4 Å². The summed E-state index contributed by atoms with van der Waals surface area (Å²) in [5, 5.41) is 3.30.